The summed E-state index contributed by atoms with van der Waals surface area (Å²) in [6.45, 7) is 1.69. The fourth-order valence-corrected chi connectivity index (χ4v) is 2.95. The number of likely N-dealkylation sites (tertiary alicyclic amines) is 1. The average Bonchev–Trinajstić information content (AvgIpc) is 3.42. The number of aliphatic hydroxyl groups excluding tert-OH is 1. The molecule has 5 heteroatoms. The molecule has 1 aromatic rings. The van der Waals surface area contributed by atoms with Gasteiger partial charge in [-0.05, 0) is 49.3 Å². The van der Waals surface area contributed by atoms with Gasteiger partial charge in [-0.25, -0.2) is 0 Å². The van der Waals surface area contributed by atoms with Crippen molar-refractivity contribution < 1.29 is 14.7 Å². The summed E-state index contributed by atoms with van der Waals surface area (Å²) in [7, 11) is 0. The standard InChI is InChI=1S/C18H24N2O3/c21-12-14-7-9-20(10-8-14)17(22)11-13-1-5-16(6-2-13)19-18(23)15-3-4-15/h1-2,5-6,14-15,21H,3-4,7-12H2,(H,19,23). The first-order valence-electron chi connectivity index (χ1n) is 8.44. The molecule has 2 fully saturated rings. The molecule has 1 saturated carbocycles. The van der Waals surface area contributed by atoms with E-state index in [-0.39, 0.29) is 24.3 Å². The smallest absolute Gasteiger partial charge is 0.227 e. The number of nitrogens with zero attached hydrogens (tertiary/aromatic N) is 1. The molecule has 0 radical (unpaired) electrons. The summed E-state index contributed by atoms with van der Waals surface area (Å²) in [5, 5.41) is 12.0. The topological polar surface area (TPSA) is 69.6 Å². The van der Waals surface area contributed by atoms with Gasteiger partial charge in [0, 0.05) is 31.3 Å². The van der Waals surface area contributed by atoms with E-state index in [1.54, 1.807) is 0 Å². The van der Waals surface area contributed by atoms with Gasteiger partial charge in [0.1, 0.15) is 0 Å². The van der Waals surface area contributed by atoms with E-state index in [1.165, 1.54) is 0 Å². The van der Waals surface area contributed by atoms with Gasteiger partial charge in [-0.3, -0.25) is 9.59 Å². The summed E-state index contributed by atoms with van der Waals surface area (Å²) in [5.41, 5.74) is 1.76. The molecule has 23 heavy (non-hydrogen) atoms. The van der Waals surface area contributed by atoms with Gasteiger partial charge in [-0.1, -0.05) is 12.1 Å². The van der Waals surface area contributed by atoms with E-state index in [9.17, 15) is 9.59 Å². The summed E-state index contributed by atoms with van der Waals surface area (Å²) in [6, 6.07) is 7.53. The number of benzene rings is 1. The van der Waals surface area contributed by atoms with Crippen LogP contribution in [-0.2, 0) is 16.0 Å². The molecule has 5 nitrogen and oxygen atoms in total. The molecule has 0 aromatic heterocycles. The van der Waals surface area contributed by atoms with E-state index in [1.807, 2.05) is 29.2 Å². The highest BCUT2D eigenvalue weighted by molar-refractivity contribution is 5.94. The number of piperidine rings is 1. The number of anilines is 1. The van der Waals surface area contributed by atoms with E-state index in [0.717, 1.165) is 50.0 Å². The summed E-state index contributed by atoms with van der Waals surface area (Å²) in [4.78, 5) is 25.9. The largest absolute Gasteiger partial charge is 0.396 e. The van der Waals surface area contributed by atoms with Crippen LogP contribution in [0.1, 0.15) is 31.2 Å². The van der Waals surface area contributed by atoms with Gasteiger partial charge >= 0.3 is 0 Å². The Morgan fingerprint density at radius 3 is 2.30 bits per heavy atom. The molecule has 1 aliphatic heterocycles. The molecule has 0 unspecified atom stereocenters. The Hall–Kier alpha value is -1.88. The van der Waals surface area contributed by atoms with Gasteiger partial charge in [0.2, 0.25) is 11.8 Å². The van der Waals surface area contributed by atoms with Gasteiger partial charge in [0.05, 0.1) is 6.42 Å². The highest BCUT2D eigenvalue weighted by Gasteiger charge is 2.29. The molecule has 2 amide bonds. The first kappa shape index (κ1) is 16.0. The third kappa shape index (κ3) is 4.32. The molecule has 0 bridgehead atoms. The molecule has 0 atom stereocenters. The predicted molar refractivity (Wildman–Crippen MR) is 87.9 cm³/mol. The second-order valence-corrected chi connectivity index (χ2v) is 6.64. The second-order valence-electron chi connectivity index (χ2n) is 6.64. The zero-order valence-corrected chi connectivity index (χ0v) is 13.3. The number of carbonyl (C=O) groups excluding carboxylic acids is 2. The van der Waals surface area contributed by atoms with E-state index in [4.69, 9.17) is 5.11 Å². The molecule has 3 rings (SSSR count). The van der Waals surface area contributed by atoms with Crippen molar-refractivity contribution in [1.82, 2.24) is 4.90 Å². The molecule has 2 N–H and O–H groups in total. The minimum Gasteiger partial charge on any atom is -0.396 e. The fourth-order valence-electron chi connectivity index (χ4n) is 2.95. The fraction of sp³-hybridized carbons (Fsp3) is 0.556. The first-order valence-corrected chi connectivity index (χ1v) is 8.44. The Bertz CT molecular complexity index is 558. The van der Waals surface area contributed by atoms with E-state index in [0.29, 0.717) is 12.3 Å². The van der Waals surface area contributed by atoms with Gasteiger partial charge in [0.15, 0.2) is 0 Å². The average molecular weight is 316 g/mol. The highest BCUT2D eigenvalue weighted by atomic mass is 16.3. The van der Waals surface area contributed by atoms with Crippen molar-refractivity contribution >= 4 is 17.5 Å². The third-order valence-corrected chi connectivity index (χ3v) is 4.75. The van der Waals surface area contributed by atoms with E-state index < -0.39 is 0 Å². The molecule has 124 valence electrons. The predicted octanol–water partition coefficient (Wildman–Crippen LogP) is 1.81. The van der Waals surface area contributed by atoms with Crippen molar-refractivity contribution in [1.29, 1.82) is 0 Å². The van der Waals surface area contributed by atoms with Crippen LogP contribution in [0.15, 0.2) is 24.3 Å². The number of rotatable bonds is 5. The summed E-state index contributed by atoms with van der Waals surface area (Å²) >= 11 is 0. The molecule has 1 saturated heterocycles. The quantitative estimate of drug-likeness (QED) is 0.870. The zero-order chi connectivity index (χ0) is 16.2. The number of aliphatic hydroxyl groups is 1. The van der Waals surface area contributed by atoms with Crippen LogP contribution in [0.2, 0.25) is 0 Å². The Labute approximate surface area is 136 Å². The lowest BCUT2D eigenvalue weighted by Gasteiger charge is -2.31. The minimum atomic E-state index is 0.0978. The maximum absolute atomic E-state index is 12.3. The van der Waals surface area contributed by atoms with Crippen LogP contribution in [0.4, 0.5) is 5.69 Å². The molecule has 1 aliphatic carbocycles. The van der Waals surface area contributed by atoms with E-state index >= 15 is 0 Å². The number of hydrogen-bond donors (Lipinski definition) is 2. The lowest BCUT2D eigenvalue weighted by atomic mass is 9.97. The van der Waals surface area contributed by atoms with Crippen molar-refractivity contribution in [2.24, 2.45) is 11.8 Å². The second kappa shape index (κ2) is 7.13. The van der Waals surface area contributed by atoms with Gasteiger partial charge in [-0.15, -0.1) is 0 Å². The Morgan fingerprint density at radius 2 is 1.74 bits per heavy atom. The molecule has 0 spiro atoms. The van der Waals surface area contributed by atoms with Crippen molar-refractivity contribution in [3.05, 3.63) is 29.8 Å². The van der Waals surface area contributed by atoms with Crippen LogP contribution in [-0.4, -0.2) is 41.5 Å². The van der Waals surface area contributed by atoms with Crippen molar-refractivity contribution in [2.75, 3.05) is 25.0 Å². The number of hydrogen-bond acceptors (Lipinski definition) is 3. The van der Waals surface area contributed by atoms with Crippen LogP contribution in [0, 0.1) is 11.8 Å². The molecule has 2 aliphatic rings. The molecular weight excluding hydrogens is 292 g/mol. The van der Waals surface area contributed by atoms with Crippen LogP contribution >= 0.6 is 0 Å². The Balaban J connectivity index is 1.49. The van der Waals surface area contributed by atoms with Crippen LogP contribution in [0.3, 0.4) is 0 Å². The summed E-state index contributed by atoms with van der Waals surface area (Å²) < 4.78 is 0. The third-order valence-electron chi connectivity index (χ3n) is 4.75. The Morgan fingerprint density at radius 1 is 1.09 bits per heavy atom. The van der Waals surface area contributed by atoms with Gasteiger partial charge < -0.3 is 15.3 Å². The maximum atomic E-state index is 12.3. The van der Waals surface area contributed by atoms with Crippen LogP contribution < -0.4 is 5.32 Å². The first-order chi connectivity index (χ1) is 11.2. The lowest BCUT2D eigenvalue weighted by Crippen LogP contribution is -2.40. The minimum absolute atomic E-state index is 0.0978. The van der Waals surface area contributed by atoms with Crippen molar-refractivity contribution in [3.8, 4) is 0 Å². The van der Waals surface area contributed by atoms with Crippen molar-refractivity contribution in [3.63, 3.8) is 0 Å². The van der Waals surface area contributed by atoms with Crippen LogP contribution in [0.5, 0.6) is 0 Å². The SMILES string of the molecule is O=C(Nc1ccc(CC(=O)N2CCC(CO)CC2)cc1)C1CC1. The lowest BCUT2D eigenvalue weighted by molar-refractivity contribution is -0.132. The molecule has 1 aromatic carbocycles. The van der Waals surface area contributed by atoms with Crippen LogP contribution in [0.25, 0.3) is 0 Å². The molecule has 1 heterocycles. The zero-order valence-electron chi connectivity index (χ0n) is 13.3. The van der Waals surface area contributed by atoms with Crippen molar-refractivity contribution in [2.45, 2.75) is 32.1 Å². The molecular formula is C18H24N2O3. The van der Waals surface area contributed by atoms with E-state index in [2.05, 4.69) is 5.32 Å². The van der Waals surface area contributed by atoms with Gasteiger partial charge in [-0.2, -0.15) is 0 Å². The monoisotopic (exact) mass is 316 g/mol. The Kier molecular flexibility index (Phi) is 4.96. The number of nitrogens with one attached hydrogen (secondary N) is 1. The van der Waals surface area contributed by atoms with Gasteiger partial charge in [0.25, 0.3) is 0 Å². The summed E-state index contributed by atoms with van der Waals surface area (Å²) in [5.74, 6) is 0.767. The highest BCUT2D eigenvalue weighted by Crippen LogP contribution is 2.30. The normalized spacial score (nSPS) is 18.7. The number of carbonyl (C=O) groups is 2. The summed E-state index contributed by atoms with van der Waals surface area (Å²) in [6.07, 6.45) is 4.14. The maximum Gasteiger partial charge on any atom is 0.227 e. The number of amides is 2.